The summed E-state index contributed by atoms with van der Waals surface area (Å²) in [6.07, 6.45) is -0.654. The number of piperidine rings is 1. The first kappa shape index (κ1) is 17.3. The van der Waals surface area contributed by atoms with Crippen molar-refractivity contribution in [2.45, 2.75) is 49.6 Å². The van der Waals surface area contributed by atoms with Crippen LogP contribution >= 0.6 is 0 Å². The van der Waals surface area contributed by atoms with E-state index in [1.807, 2.05) is 0 Å². The lowest BCUT2D eigenvalue weighted by molar-refractivity contribution is -0.506. The highest BCUT2D eigenvalue weighted by atomic mass is 19.4. The smallest absolute Gasteiger partial charge is 0.192 e. The highest BCUT2D eigenvalue weighted by Gasteiger charge is 2.94. The third-order valence-electron chi connectivity index (χ3n) is 2.96. The largest absolute Gasteiger partial charge is 0.393 e. The number of unbranched alkanes of at least 4 members (excludes halogenated alkanes) is 1. The van der Waals surface area contributed by atoms with E-state index in [0.717, 1.165) is 0 Å². The van der Waals surface area contributed by atoms with Gasteiger partial charge in [-0.1, -0.05) is 13.3 Å². The van der Waals surface area contributed by atoms with Gasteiger partial charge in [-0.05, 0) is 6.42 Å². The summed E-state index contributed by atoms with van der Waals surface area (Å²) in [6.45, 7) is -0.303. The zero-order valence-electron chi connectivity index (χ0n) is 9.85. The molecule has 0 unspecified atom stereocenters. The van der Waals surface area contributed by atoms with Crippen molar-refractivity contribution in [2.75, 3.05) is 6.54 Å². The molecule has 1 rings (SSSR count). The van der Waals surface area contributed by atoms with Crippen LogP contribution in [0.4, 0.5) is 43.9 Å². The highest BCUT2D eigenvalue weighted by Crippen LogP contribution is 2.64. The second-order valence-electron chi connectivity index (χ2n) is 4.31. The molecule has 0 amide bonds. The molecule has 20 heavy (non-hydrogen) atoms. The summed E-state index contributed by atoms with van der Waals surface area (Å²) in [7, 11) is 0. The molecule has 0 aromatic heterocycles. The van der Waals surface area contributed by atoms with Gasteiger partial charge in [-0.2, -0.15) is 48.8 Å². The van der Waals surface area contributed by atoms with Gasteiger partial charge in [0.25, 0.3) is 0 Å². The Morgan fingerprint density at radius 1 is 0.650 bits per heavy atom. The van der Waals surface area contributed by atoms with E-state index in [1.54, 1.807) is 0 Å². The number of nitrogens with zero attached hydrogens (tertiary/aromatic N) is 1. The van der Waals surface area contributed by atoms with Crippen molar-refractivity contribution in [1.82, 2.24) is 4.90 Å². The van der Waals surface area contributed by atoms with Crippen LogP contribution in [-0.2, 0) is 0 Å². The molecule has 1 heterocycles. The molecule has 0 aromatic rings. The minimum Gasteiger partial charge on any atom is -0.192 e. The predicted octanol–water partition coefficient (Wildman–Crippen LogP) is 4.19. The van der Waals surface area contributed by atoms with Gasteiger partial charge >= 0.3 is 29.9 Å². The molecule has 0 atom stereocenters. The molecule has 1 aliphatic heterocycles. The summed E-state index contributed by atoms with van der Waals surface area (Å²) in [6, 6.07) is -12.2. The van der Waals surface area contributed by atoms with Gasteiger partial charge in [0.1, 0.15) is 0 Å². The van der Waals surface area contributed by atoms with Crippen LogP contribution in [0.1, 0.15) is 19.8 Å². The maximum Gasteiger partial charge on any atom is 0.393 e. The first-order valence-electron chi connectivity index (χ1n) is 5.36. The van der Waals surface area contributed by atoms with Crippen LogP contribution in [0, 0.1) is 0 Å². The van der Waals surface area contributed by atoms with Gasteiger partial charge < -0.3 is 0 Å². The van der Waals surface area contributed by atoms with Crippen LogP contribution in [0.25, 0.3) is 0 Å². The van der Waals surface area contributed by atoms with Gasteiger partial charge in [0.15, 0.2) is 0 Å². The number of halogens is 10. The Morgan fingerprint density at radius 3 is 1.30 bits per heavy atom. The fourth-order valence-electron chi connectivity index (χ4n) is 1.69. The highest BCUT2D eigenvalue weighted by molar-refractivity contribution is 5.14. The van der Waals surface area contributed by atoms with Gasteiger partial charge in [-0.25, -0.2) is 0 Å². The number of alkyl halides is 10. The lowest BCUT2D eigenvalue weighted by Gasteiger charge is -2.51. The van der Waals surface area contributed by atoms with E-state index in [-0.39, 0.29) is 6.42 Å². The molecule has 1 nitrogen and oxygen atoms in total. The number of likely N-dealkylation sites (tertiary alicyclic amines) is 1. The zero-order valence-corrected chi connectivity index (χ0v) is 9.85. The van der Waals surface area contributed by atoms with Crippen molar-refractivity contribution in [2.24, 2.45) is 0 Å². The Labute approximate surface area is 106 Å². The second kappa shape index (κ2) is 4.38. The number of hydrogen-bond donors (Lipinski definition) is 0. The summed E-state index contributed by atoms with van der Waals surface area (Å²) in [5.74, 6) is -20.2. The molecule has 1 aliphatic rings. The van der Waals surface area contributed by atoms with E-state index in [4.69, 9.17) is 0 Å². The molecule has 0 spiro atoms. The van der Waals surface area contributed by atoms with Crippen molar-refractivity contribution in [3.8, 4) is 0 Å². The van der Waals surface area contributed by atoms with Crippen LogP contribution in [-0.4, -0.2) is 41.3 Å². The molecule has 11 heteroatoms. The van der Waals surface area contributed by atoms with Gasteiger partial charge in [-0.15, -0.1) is 0 Å². The Balaban J connectivity index is 3.47. The van der Waals surface area contributed by atoms with Crippen LogP contribution in [0.3, 0.4) is 0 Å². The Kier molecular flexibility index (Phi) is 3.79. The number of rotatable bonds is 3. The molecule has 0 aromatic carbocycles. The van der Waals surface area contributed by atoms with Crippen molar-refractivity contribution in [3.63, 3.8) is 0 Å². The molecule has 1 saturated heterocycles. The average molecular weight is 321 g/mol. The van der Waals surface area contributed by atoms with Crippen molar-refractivity contribution < 1.29 is 43.9 Å². The standard InChI is InChI=1S/C9H9F10N/c1-2-3-4-20-8(16,17)6(12,13)5(10,11)7(14,15)9(20,18)19/h2-4H2,1H3. The molecule has 0 saturated carbocycles. The van der Waals surface area contributed by atoms with Gasteiger partial charge in [-0.3, -0.25) is 0 Å². The maximum atomic E-state index is 13.2. The molecule has 0 N–H and O–H groups in total. The van der Waals surface area contributed by atoms with Crippen LogP contribution in [0.2, 0.25) is 0 Å². The lowest BCUT2D eigenvalue weighted by Crippen LogP contribution is -2.81. The Bertz CT molecular complexity index is 347. The van der Waals surface area contributed by atoms with Crippen molar-refractivity contribution in [1.29, 1.82) is 0 Å². The summed E-state index contributed by atoms with van der Waals surface area (Å²) in [5.41, 5.74) is 0. The third kappa shape index (κ3) is 1.74. The third-order valence-corrected chi connectivity index (χ3v) is 2.96. The van der Waals surface area contributed by atoms with Gasteiger partial charge in [0.2, 0.25) is 0 Å². The first-order valence-corrected chi connectivity index (χ1v) is 5.36. The van der Waals surface area contributed by atoms with Gasteiger partial charge in [0, 0.05) is 6.54 Å². The van der Waals surface area contributed by atoms with E-state index >= 15 is 0 Å². The maximum absolute atomic E-state index is 13.2. The van der Waals surface area contributed by atoms with Crippen molar-refractivity contribution >= 4 is 0 Å². The molecule has 0 bridgehead atoms. The quantitative estimate of drug-likeness (QED) is 0.556. The van der Waals surface area contributed by atoms with Crippen LogP contribution in [0.5, 0.6) is 0 Å². The SMILES string of the molecule is CCCCN1C(F)(F)C(F)(F)C(F)(F)C(F)(F)C1(F)F. The average Bonchev–Trinajstić information content (AvgIpc) is 2.26. The van der Waals surface area contributed by atoms with E-state index in [1.165, 1.54) is 6.92 Å². The zero-order chi connectivity index (χ0) is 16.2. The fourth-order valence-corrected chi connectivity index (χ4v) is 1.69. The van der Waals surface area contributed by atoms with E-state index in [9.17, 15) is 43.9 Å². The lowest BCUT2D eigenvalue weighted by atomic mass is 9.93. The summed E-state index contributed by atoms with van der Waals surface area (Å²) in [5, 5.41) is 0. The van der Waals surface area contributed by atoms with E-state index in [0.29, 0.717) is 0 Å². The molecule has 120 valence electrons. The van der Waals surface area contributed by atoms with Crippen LogP contribution < -0.4 is 0 Å². The van der Waals surface area contributed by atoms with Gasteiger partial charge in [0.05, 0.1) is 0 Å². The minimum absolute atomic E-state index is 0.0732. The molecule has 0 aliphatic carbocycles. The topological polar surface area (TPSA) is 3.24 Å². The molecule has 1 fully saturated rings. The predicted molar refractivity (Wildman–Crippen MR) is 46.3 cm³/mol. The minimum atomic E-state index is -6.89. The molecular formula is C9H9F10N. The Hall–Kier alpha value is -0.740. The second-order valence-corrected chi connectivity index (χ2v) is 4.31. The monoisotopic (exact) mass is 321 g/mol. The summed E-state index contributed by atoms with van der Waals surface area (Å²) >= 11 is 0. The summed E-state index contributed by atoms with van der Waals surface area (Å²) in [4.78, 5) is -1.85. The normalized spacial score (nSPS) is 30.1. The van der Waals surface area contributed by atoms with Crippen molar-refractivity contribution in [3.05, 3.63) is 0 Å². The Morgan fingerprint density at radius 2 is 1.00 bits per heavy atom. The van der Waals surface area contributed by atoms with E-state index < -0.39 is 47.7 Å². The van der Waals surface area contributed by atoms with E-state index in [2.05, 4.69) is 0 Å². The molecule has 0 radical (unpaired) electrons. The molecular weight excluding hydrogens is 312 g/mol. The fraction of sp³-hybridized carbons (Fsp3) is 1.00. The first-order chi connectivity index (χ1) is 8.69. The number of hydrogen-bond acceptors (Lipinski definition) is 1. The summed E-state index contributed by atoms with van der Waals surface area (Å²) < 4.78 is 130. The van der Waals surface area contributed by atoms with Crippen LogP contribution in [0.15, 0.2) is 0 Å².